The summed E-state index contributed by atoms with van der Waals surface area (Å²) < 4.78 is 0. The molecule has 0 unspecified atom stereocenters. The maximum atomic E-state index is 12.3. The summed E-state index contributed by atoms with van der Waals surface area (Å²) in [7, 11) is 0. The van der Waals surface area contributed by atoms with E-state index in [0.717, 1.165) is 18.4 Å². The number of aryl methyl sites for hydroxylation is 1. The van der Waals surface area contributed by atoms with E-state index in [9.17, 15) is 9.59 Å². The van der Waals surface area contributed by atoms with Crippen LogP contribution in [0.4, 0.5) is 0 Å². The van der Waals surface area contributed by atoms with Crippen LogP contribution < -0.4 is 10.6 Å². The average molecular weight is 373 g/mol. The van der Waals surface area contributed by atoms with Gasteiger partial charge in [0.05, 0.1) is 11.1 Å². The number of nitrogens with one attached hydrogen (secondary N) is 2. The van der Waals surface area contributed by atoms with Gasteiger partial charge in [0.1, 0.15) is 0 Å². The standard InChI is InChI=1S/C23H23N3O2/c27-22(25-13-7-12-18-8-3-1-4-9-18)20-14-21(17-24-16-20)23(28)26-15-19-10-5-2-6-11-19/h1-6,8-11,14,16-17H,7,12-13,15H2,(H,25,27)(H,26,28). The van der Waals surface area contributed by atoms with E-state index in [1.807, 2.05) is 48.5 Å². The van der Waals surface area contributed by atoms with Gasteiger partial charge in [-0.3, -0.25) is 14.6 Å². The van der Waals surface area contributed by atoms with E-state index in [2.05, 4.69) is 27.8 Å². The average Bonchev–Trinajstić information content (AvgIpc) is 2.76. The minimum atomic E-state index is -0.255. The maximum Gasteiger partial charge on any atom is 0.253 e. The number of hydrogen-bond acceptors (Lipinski definition) is 3. The van der Waals surface area contributed by atoms with E-state index in [-0.39, 0.29) is 11.8 Å². The fourth-order valence-electron chi connectivity index (χ4n) is 2.81. The molecule has 1 aromatic heterocycles. The van der Waals surface area contributed by atoms with Crippen molar-refractivity contribution in [2.24, 2.45) is 0 Å². The minimum Gasteiger partial charge on any atom is -0.352 e. The van der Waals surface area contributed by atoms with Crippen LogP contribution in [-0.4, -0.2) is 23.3 Å². The van der Waals surface area contributed by atoms with Gasteiger partial charge in [-0.2, -0.15) is 0 Å². The number of hydrogen-bond donors (Lipinski definition) is 2. The molecule has 0 fully saturated rings. The highest BCUT2D eigenvalue weighted by atomic mass is 16.2. The molecule has 2 N–H and O–H groups in total. The molecule has 0 aliphatic carbocycles. The third-order valence-electron chi connectivity index (χ3n) is 4.33. The van der Waals surface area contributed by atoms with Gasteiger partial charge in [-0.1, -0.05) is 60.7 Å². The highest BCUT2D eigenvalue weighted by Gasteiger charge is 2.11. The fourth-order valence-corrected chi connectivity index (χ4v) is 2.81. The van der Waals surface area contributed by atoms with E-state index in [1.54, 1.807) is 6.07 Å². The van der Waals surface area contributed by atoms with Crippen LogP contribution in [-0.2, 0) is 13.0 Å². The van der Waals surface area contributed by atoms with Crippen LogP contribution in [0.15, 0.2) is 79.1 Å². The van der Waals surface area contributed by atoms with Gasteiger partial charge < -0.3 is 10.6 Å². The number of rotatable bonds is 8. The van der Waals surface area contributed by atoms with Gasteiger partial charge in [0, 0.05) is 25.5 Å². The molecule has 0 spiro atoms. The number of nitrogens with zero attached hydrogens (tertiary/aromatic N) is 1. The molecule has 0 bridgehead atoms. The normalized spacial score (nSPS) is 10.3. The third kappa shape index (κ3) is 5.77. The lowest BCUT2D eigenvalue weighted by Gasteiger charge is -2.08. The van der Waals surface area contributed by atoms with Crippen molar-refractivity contribution in [2.45, 2.75) is 19.4 Å². The smallest absolute Gasteiger partial charge is 0.253 e. The van der Waals surface area contributed by atoms with Crippen molar-refractivity contribution in [1.29, 1.82) is 0 Å². The van der Waals surface area contributed by atoms with Crippen LogP contribution in [0.1, 0.15) is 38.3 Å². The summed E-state index contributed by atoms with van der Waals surface area (Å²) >= 11 is 0. The summed E-state index contributed by atoms with van der Waals surface area (Å²) in [5.41, 5.74) is 3.01. The molecular weight excluding hydrogens is 350 g/mol. The SMILES string of the molecule is O=C(NCCCc1ccccc1)c1cncc(C(=O)NCc2ccccc2)c1. The summed E-state index contributed by atoms with van der Waals surface area (Å²) in [5, 5.41) is 5.72. The summed E-state index contributed by atoms with van der Waals surface area (Å²) in [5.74, 6) is -0.478. The molecule has 3 aromatic rings. The van der Waals surface area contributed by atoms with E-state index in [1.165, 1.54) is 18.0 Å². The highest BCUT2D eigenvalue weighted by Crippen LogP contribution is 2.05. The molecule has 0 saturated heterocycles. The number of pyridine rings is 1. The predicted molar refractivity (Wildman–Crippen MR) is 109 cm³/mol. The van der Waals surface area contributed by atoms with Gasteiger partial charge >= 0.3 is 0 Å². The zero-order valence-corrected chi connectivity index (χ0v) is 15.6. The second-order valence-electron chi connectivity index (χ2n) is 6.48. The Labute approximate surface area is 164 Å². The minimum absolute atomic E-state index is 0.224. The van der Waals surface area contributed by atoms with Gasteiger partial charge in [0.2, 0.25) is 0 Å². The monoisotopic (exact) mass is 373 g/mol. The van der Waals surface area contributed by atoms with Gasteiger partial charge in [0.25, 0.3) is 11.8 Å². The molecule has 5 heteroatoms. The van der Waals surface area contributed by atoms with Crippen molar-refractivity contribution < 1.29 is 9.59 Å². The zero-order chi connectivity index (χ0) is 19.6. The topological polar surface area (TPSA) is 71.1 Å². The fraction of sp³-hybridized carbons (Fsp3) is 0.174. The van der Waals surface area contributed by atoms with Crippen molar-refractivity contribution in [1.82, 2.24) is 15.6 Å². The van der Waals surface area contributed by atoms with Crippen molar-refractivity contribution >= 4 is 11.8 Å². The van der Waals surface area contributed by atoms with Crippen LogP contribution in [0.3, 0.4) is 0 Å². The Bertz CT molecular complexity index is 911. The van der Waals surface area contributed by atoms with Crippen LogP contribution in [0.25, 0.3) is 0 Å². The number of benzene rings is 2. The molecule has 0 aliphatic rings. The summed E-state index contributed by atoms with van der Waals surface area (Å²) in [4.78, 5) is 28.7. The van der Waals surface area contributed by atoms with Gasteiger partial charge in [-0.15, -0.1) is 0 Å². The predicted octanol–water partition coefficient (Wildman–Crippen LogP) is 3.37. The lowest BCUT2D eigenvalue weighted by atomic mass is 10.1. The molecule has 5 nitrogen and oxygen atoms in total. The summed E-state index contributed by atoms with van der Waals surface area (Å²) in [6.45, 7) is 0.994. The van der Waals surface area contributed by atoms with Crippen LogP contribution in [0.5, 0.6) is 0 Å². The highest BCUT2D eigenvalue weighted by molar-refractivity contribution is 5.99. The third-order valence-corrected chi connectivity index (χ3v) is 4.33. The summed E-state index contributed by atoms with van der Waals surface area (Å²) in [6, 6.07) is 21.4. The molecule has 28 heavy (non-hydrogen) atoms. The van der Waals surface area contributed by atoms with Gasteiger partial charge in [-0.05, 0) is 30.0 Å². The molecule has 1 heterocycles. The molecule has 0 atom stereocenters. The molecular formula is C23H23N3O2. The van der Waals surface area contributed by atoms with E-state index < -0.39 is 0 Å². The Morgan fingerprint density at radius 3 is 1.96 bits per heavy atom. The first kappa shape index (κ1) is 19.3. The number of carbonyl (C=O) groups excluding carboxylic acids is 2. The van der Waals surface area contributed by atoms with Crippen molar-refractivity contribution in [3.8, 4) is 0 Å². The Kier molecular flexibility index (Phi) is 6.90. The number of carbonyl (C=O) groups is 2. The first-order chi connectivity index (χ1) is 13.7. The van der Waals surface area contributed by atoms with Crippen LogP contribution >= 0.6 is 0 Å². The molecule has 142 valence electrons. The van der Waals surface area contributed by atoms with E-state index >= 15 is 0 Å². The number of amides is 2. The van der Waals surface area contributed by atoms with Crippen molar-refractivity contribution in [3.63, 3.8) is 0 Å². The molecule has 2 aromatic carbocycles. The van der Waals surface area contributed by atoms with Gasteiger partial charge in [-0.25, -0.2) is 0 Å². The molecule has 2 amide bonds. The Morgan fingerprint density at radius 2 is 1.32 bits per heavy atom. The molecule has 0 saturated carbocycles. The Morgan fingerprint density at radius 1 is 0.750 bits per heavy atom. The maximum absolute atomic E-state index is 12.3. The molecule has 0 aliphatic heterocycles. The Hall–Kier alpha value is -3.47. The van der Waals surface area contributed by atoms with Crippen molar-refractivity contribution in [2.75, 3.05) is 6.54 Å². The quantitative estimate of drug-likeness (QED) is 0.595. The second kappa shape index (κ2) is 10.0. The lowest BCUT2D eigenvalue weighted by Crippen LogP contribution is -2.26. The lowest BCUT2D eigenvalue weighted by molar-refractivity contribution is 0.0950. The van der Waals surface area contributed by atoms with Crippen molar-refractivity contribution in [3.05, 3.63) is 101 Å². The molecule has 0 radical (unpaired) electrons. The zero-order valence-electron chi connectivity index (χ0n) is 15.6. The Balaban J connectivity index is 1.49. The van der Waals surface area contributed by atoms with E-state index in [4.69, 9.17) is 0 Å². The van der Waals surface area contributed by atoms with Crippen LogP contribution in [0.2, 0.25) is 0 Å². The summed E-state index contributed by atoms with van der Waals surface area (Å²) in [6.07, 6.45) is 4.69. The van der Waals surface area contributed by atoms with Gasteiger partial charge in [0.15, 0.2) is 0 Å². The largest absolute Gasteiger partial charge is 0.352 e. The van der Waals surface area contributed by atoms with E-state index in [0.29, 0.717) is 24.2 Å². The first-order valence-corrected chi connectivity index (χ1v) is 9.31. The number of aromatic nitrogens is 1. The first-order valence-electron chi connectivity index (χ1n) is 9.31. The molecule has 3 rings (SSSR count). The second-order valence-corrected chi connectivity index (χ2v) is 6.48. The van der Waals surface area contributed by atoms with Crippen LogP contribution in [0, 0.1) is 0 Å².